The Kier molecular flexibility index (Phi) is 1.88. The van der Waals surface area contributed by atoms with Gasteiger partial charge in [0.2, 0.25) is 0 Å². The van der Waals surface area contributed by atoms with Crippen LogP contribution < -0.4 is 0 Å². The monoisotopic (exact) mass is 190 g/mol. The predicted molar refractivity (Wildman–Crippen MR) is 50.8 cm³/mol. The van der Waals surface area contributed by atoms with Gasteiger partial charge in [-0.15, -0.1) is 0 Å². The minimum Gasteiger partial charge on any atom is -0.228 e. The molecular formula is C9H18O2S. The summed E-state index contributed by atoms with van der Waals surface area (Å²) < 4.78 is 22.3. The molecule has 0 aromatic heterocycles. The summed E-state index contributed by atoms with van der Waals surface area (Å²) in [5, 5.41) is 0. The molecule has 0 aromatic rings. The summed E-state index contributed by atoms with van der Waals surface area (Å²) >= 11 is 0. The second kappa shape index (κ2) is 2.25. The zero-order chi connectivity index (χ0) is 9.78. The van der Waals surface area contributed by atoms with Crippen LogP contribution in [0.4, 0.5) is 0 Å². The van der Waals surface area contributed by atoms with E-state index in [9.17, 15) is 8.42 Å². The molecule has 1 heterocycles. The topological polar surface area (TPSA) is 34.1 Å². The molecule has 0 N–H and O–H groups in total. The van der Waals surface area contributed by atoms with Gasteiger partial charge < -0.3 is 0 Å². The molecule has 0 aromatic carbocycles. The van der Waals surface area contributed by atoms with Gasteiger partial charge in [-0.2, -0.15) is 0 Å². The van der Waals surface area contributed by atoms with Gasteiger partial charge in [-0.3, -0.25) is 0 Å². The fourth-order valence-corrected chi connectivity index (χ4v) is 4.40. The zero-order valence-corrected chi connectivity index (χ0v) is 9.33. The van der Waals surface area contributed by atoms with E-state index < -0.39 is 14.6 Å². The van der Waals surface area contributed by atoms with Gasteiger partial charge in [0.1, 0.15) is 0 Å². The lowest BCUT2D eigenvalue weighted by Crippen LogP contribution is -2.60. The minimum absolute atomic E-state index is 0.106. The minimum atomic E-state index is -2.79. The van der Waals surface area contributed by atoms with Crippen molar-refractivity contribution in [1.29, 1.82) is 0 Å². The van der Waals surface area contributed by atoms with E-state index in [-0.39, 0.29) is 5.41 Å². The molecule has 72 valence electrons. The van der Waals surface area contributed by atoms with Crippen LogP contribution in [0.2, 0.25) is 0 Å². The van der Waals surface area contributed by atoms with Crippen LogP contribution in [0.5, 0.6) is 0 Å². The molecule has 1 aliphatic heterocycles. The van der Waals surface area contributed by atoms with Gasteiger partial charge in [0.05, 0.1) is 10.5 Å². The highest BCUT2D eigenvalue weighted by molar-refractivity contribution is 7.94. The molecule has 0 spiro atoms. The Morgan fingerprint density at radius 2 is 1.67 bits per heavy atom. The van der Waals surface area contributed by atoms with E-state index in [1.54, 1.807) is 0 Å². The molecule has 1 atom stereocenters. The SMILES string of the molecule is CC(C)(C)C1CS(=O)(=O)C1(C)C. The average Bonchev–Trinajstić information content (AvgIpc) is 1.81. The lowest BCUT2D eigenvalue weighted by atomic mass is 9.74. The highest BCUT2D eigenvalue weighted by Crippen LogP contribution is 2.48. The van der Waals surface area contributed by atoms with Gasteiger partial charge in [0, 0.05) is 0 Å². The first-order valence-electron chi connectivity index (χ1n) is 4.31. The molecule has 1 unspecified atom stereocenters. The van der Waals surface area contributed by atoms with Crippen LogP contribution in [0.3, 0.4) is 0 Å². The van der Waals surface area contributed by atoms with Crippen molar-refractivity contribution in [3.05, 3.63) is 0 Å². The predicted octanol–water partition coefficient (Wildman–Crippen LogP) is 1.86. The molecule has 0 bridgehead atoms. The summed E-state index contributed by atoms with van der Waals surface area (Å²) in [4.78, 5) is 0. The fraction of sp³-hybridized carbons (Fsp3) is 1.00. The Morgan fingerprint density at radius 3 is 1.75 bits per heavy atom. The van der Waals surface area contributed by atoms with Crippen molar-refractivity contribution in [2.24, 2.45) is 11.3 Å². The van der Waals surface area contributed by atoms with E-state index in [1.165, 1.54) is 0 Å². The van der Waals surface area contributed by atoms with E-state index in [4.69, 9.17) is 0 Å². The van der Waals surface area contributed by atoms with Crippen molar-refractivity contribution < 1.29 is 8.42 Å². The second-order valence-corrected chi connectivity index (χ2v) is 7.92. The maximum atomic E-state index is 11.4. The lowest BCUT2D eigenvalue weighted by Gasteiger charge is -2.50. The Balaban J connectivity index is 2.95. The van der Waals surface area contributed by atoms with Crippen LogP contribution in [-0.4, -0.2) is 18.9 Å². The first-order chi connectivity index (χ1) is 5.09. The highest BCUT2D eigenvalue weighted by atomic mass is 32.2. The third-order valence-corrected chi connectivity index (χ3v) is 5.73. The van der Waals surface area contributed by atoms with Crippen LogP contribution in [-0.2, 0) is 9.84 Å². The summed E-state index contributed by atoms with van der Waals surface area (Å²) in [5.41, 5.74) is 0.106. The van der Waals surface area contributed by atoms with Gasteiger partial charge in [-0.1, -0.05) is 20.8 Å². The molecular weight excluding hydrogens is 172 g/mol. The van der Waals surface area contributed by atoms with Crippen LogP contribution >= 0.6 is 0 Å². The molecule has 3 heteroatoms. The molecule has 2 nitrogen and oxygen atoms in total. The summed E-state index contributed by atoms with van der Waals surface area (Å²) in [6.45, 7) is 9.99. The Morgan fingerprint density at radius 1 is 1.25 bits per heavy atom. The van der Waals surface area contributed by atoms with Gasteiger partial charge in [-0.05, 0) is 25.2 Å². The maximum absolute atomic E-state index is 11.4. The van der Waals surface area contributed by atoms with Crippen LogP contribution in [0.25, 0.3) is 0 Å². The summed E-state index contributed by atoms with van der Waals surface area (Å²) in [6.07, 6.45) is 0. The summed E-state index contributed by atoms with van der Waals surface area (Å²) in [6, 6.07) is 0. The van der Waals surface area contributed by atoms with E-state index in [0.29, 0.717) is 11.7 Å². The number of rotatable bonds is 0. The third-order valence-electron chi connectivity index (χ3n) is 3.07. The first-order valence-corrected chi connectivity index (χ1v) is 5.96. The molecule has 0 amide bonds. The molecule has 0 aliphatic carbocycles. The van der Waals surface area contributed by atoms with E-state index in [0.717, 1.165) is 0 Å². The van der Waals surface area contributed by atoms with Crippen LogP contribution in [0.1, 0.15) is 34.6 Å². The quantitative estimate of drug-likeness (QED) is 0.584. The van der Waals surface area contributed by atoms with Crippen molar-refractivity contribution >= 4 is 9.84 Å². The van der Waals surface area contributed by atoms with E-state index in [1.807, 2.05) is 13.8 Å². The lowest BCUT2D eigenvalue weighted by molar-refractivity contribution is 0.187. The maximum Gasteiger partial charge on any atom is 0.156 e. The Hall–Kier alpha value is -0.0500. The molecule has 1 aliphatic rings. The third kappa shape index (κ3) is 1.18. The average molecular weight is 190 g/mol. The van der Waals surface area contributed by atoms with Crippen molar-refractivity contribution in [2.75, 3.05) is 5.75 Å². The van der Waals surface area contributed by atoms with Gasteiger partial charge in [0.15, 0.2) is 9.84 Å². The van der Waals surface area contributed by atoms with Crippen LogP contribution in [0, 0.1) is 11.3 Å². The normalized spacial score (nSPS) is 32.6. The molecule has 1 rings (SSSR count). The second-order valence-electron chi connectivity index (χ2n) is 5.30. The van der Waals surface area contributed by atoms with Gasteiger partial charge >= 0.3 is 0 Å². The van der Waals surface area contributed by atoms with Gasteiger partial charge in [0.25, 0.3) is 0 Å². The van der Waals surface area contributed by atoms with Crippen molar-refractivity contribution in [3.8, 4) is 0 Å². The standard InChI is InChI=1S/C9H18O2S/c1-8(2,3)7-6-12(10,11)9(7,4)5/h7H,6H2,1-5H3. The van der Waals surface area contributed by atoms with Gasteiger partial charge in [-0.25, -0.2) is 8.42 Å². The van der Waals surface area contributed by atoms with Crippen molar-refractivity contribution in [1.82, 2.24) is 0 Å². The van der Waals surface area contributed by atoms with Crippen molar-refractivity contribution in [2.45, 2.75) is 39.4 Å². The van der Waals surface area contributed by atoms with E-state index >= 15 is 0 Å². The largest absolute Gasteiger partial charge is 0.228 e. The van der Waals surface area contributed by atoms with Crippen LogP contribution in [0.15, 0.2) is 0 Å². The number of sulfone groups is 1. The smallest absolute Gasteiger partial charge is 0.156 e. The van der Waals surface area contributed by atoms with E-state index in [2.05, 4.69) is 20.8 Å². The molecule has 12 heavy (non-hydrogen) atoms. The molecule has 1 saturated heterocycles. The highest BCUT2D eigenvalue weighted by Gasteiger charge is 2.57. The summed E-state index contributed by atoms with van der Waals surface area (Å²) in [7, 11) is -2.79. The fourth-order valence-electron chi connectivity index (χ4n) is 2.05. The first kappa shape index (κ1) is 10.0. The molecule has 1 fully saturated rings. The number of hydrogen-bond donors (Lipinski definition) is 0. The number of hydrogen-bond acceptors (Lipinski definition) is 2. The molecule has 0 radical (unpaired) electrons. The Labute approximate surface area is 75.3 Å². The summed E-state index contributed by atoms with van der Waals surface area (Å²) in [5.74, 6) is 0.666. The Bertz CT molecular complexity index is 280. The molecule has 0 saturated carbocycles. The zero-order valence-electron chi connectivity index (χ0n) is 8.51. The van der Waals surface area contributed by atoms with Crippen molar-refractivity contribution in [3.63, 3.8) is 0 Å².